The van der Waals surface area contributed by atoms with Crippen LogP contribution >= 0.6 is 0 Å². The quantitative estimate of drug-likeness (QED) is 0.878. The number of hydrogen-bond acceptors (Lipinski definition) is 2. The third-order valence-electron chi connectivity index (χ3n) is 4.03. The summed E-state index contributed by atoms with van der Waals surface area (Å²) in [5.41, 5.74) is 2.73. The van der Waals surface area contributed by atoms with Crippen molar-refractivity contribution in [3.63, 3.8) is 0 Å². The van der Waals surface area contributed by atoms with E-state index in [1.807, 2.05) is 0 Å². The first-order valence-electron chi connectivity index (χ1n) is 7.22. The minimum absolute atomic E-state index is 0. The Labute approximate surface area is 151 Å². The van der Waals surface area contributed by atoms with Crippen molar-refractivity contribution in [2.75, 3.05) is 13.1 Å². The van der Waals surface area contributed by atoms with E-state index in [1.54, 1.807) is 0 Å². The van der Waals surface area contributed by atoms with E-state index in [1.165, 1.54) is 11.1 Å². The molecule has 1 atom stereocenters. The van der Waals surface area contributed by atoms with Crippen LogP contribution in [0.4, 0.5) is 0 Å². The summed E-state index contributed by atoms with van der Waals surface area (Å²) in [7, 11) is 0. The molecular formula is C16H23ArNO2. The van der Waals surface area contributed by atoms with Gasteiger partial charge in [-0.25, -0.2) is 0 Å². The van der Waals surface area contributed by atoms with Gasteiger partial charge in [0.15, 0.2) is 0 Å². The standard InChI is InChI=1S/C16H23NO2.Ar/c1-2-13-5-7-14(8-6-13)9-10-15-4-3-11-17(15)12-16(18)19;/h5-8,15H,2-4,9-12H2,1H3,(H,18,19);. The van der Waals surface area contributed by atoms with Gasteiger partial charge in [0, 0.05) is 43.8 Å². The first kappa shape index (κ1) is 18.0. The second-order valence-corrected chi connectivity index (χ2v) is 5.37. The predicted octanol–water partition coefficient (Wildman–Crippen LogP) is 2.73. The monoisotopic (exact) mass is 301 g/mol. The molecule has 2 rings (SSSR count). The summed E-state index contributed by atoms with van der Waals surface area (Å²) in [5, 5.41) is 8.89. The maximum absolute atomic E-state index is 10.8. The van der Waals surface area contributed by atoms with Crippen molar-refractivity contribution in [1.82, 2.24) is 4.90 Å². The van der Waals surface area contributed by atoms with Crippen LogP contribution in [0.2, 0.25) is 0 Å². The zero-order chi connectivity index (χ0) is 13.7. The Balaban J connectivity index is 0.00000200. The average Bonchev–Trinajstić information content (AvgIpc) is 2.83. The molecule has 1 fully saturated rings. The van der Waals surface area contributed by atoms with Gasteiger partial charge >= 0.3 is 5.97 Å². The number of nitrogens with zero attached hydrogens (tertiary/aromatic N) is 1. The molecule has 4 heteroatoms. The molecule has 3 nitrogen and oxygen atoms in total. The van der Waals surface area contributed by atoms with Crippen LogP contribution in [0.15, 0.2) is 24.3 Å². The molecule has 1 aliphatic rings. The van der Waals surface area contributed by atoms with Crippen LogP contribution in [-0.4, -0.2) is 35.1 Å². The molecule has 0 saturated carbocycles. The Morgan fingerprint density at radius 3 is 2.55 bits per heavy atom. The molecular weight excluding hydrogens is 278 g/mol. The van der Waals surface area contributed by atoms with Crippen molar-refractivity contribution >= 4 is 5.97 Å². The minimum Gasteiger partial charge on any atom is -0.480 e. The largest absolute Gasteiger partial charge is 0.480 e. The van der Waals surface area contributed by atoms with Crippen LogP contribution in [0, 0.1) is 37.7 Å². The predicted molar refractivity (Wildman–Crippen MR) is 76.4 cm³/mol. The molecule has 0 radical (unpaired) electrons. The van der Waals surface area contributed by atoms with E-state index in [4.69, 9.17) is 5.11 Å². The Morgan fingerprint density at radius 2 is 1.95 bits per heavy atom. The third-order valence-corrected chi connectivity index (χ3v) is 4.03. The number of carbonyl (C=O) groups is 1. The van der Waals surface area contributed by atoms with Gasteiger partial charge in [-0.2, -0.15) is 0 Å². The number of carboxylic acid groups (broad SMARTS) is 1. The Kier molecular flexibility index (Phi) is 8.11. The molecule has 1 heterocycles. The fourth-order valence-electron chi connectivity index (χ4n) is 2.88. The van der Waals surface area contributed by atoms with Gasteiger partial charge in [0.25, 0.3) is 0 Å². The van der Waals surface area contributed by atoms with Crippen molar-refractivity contribution in [1.29, 1.82) is 0 Å². The van der Waals surface area contributed by atoms with Crippen molar-refractivity contribution in [2.24, 2.45) is 0 Å². The van der Waals surface area contributed by atoms with E-state index < -0.39 is 5.97 Å². The first-order valence-corrected chi connectivity index (χ1v) is 7.22. The zero-order valence-electron chi connectivity index (χ0n) is 12.0. The smallest absolute Gasteiger partial charge is 0.317 e. The number of carboxylic acids is 1. The summed E-state index contributed by atoms with van der Waals surface area (Å²) >= 11 is 0. The Hall–Kier alpha value is -0.0903. The number of aryl methyl sites for hydroxylation is 2. The second kappa shape index (κ2) is 9.04. The normalized spacial score (nSPS) is 18.8. The molecule has 0 aliphatic carbocycles. The number of aliphatic carboxylic acids is 1. The first-order chi connectivity index (χ1) is 9.19. The molecule has 1 aliphatic heterocycles. The van der Waals surface area contributed by atoms with Gasteiger partial charge in [-0.15, -0.1) is 0 Å². The van der Waals surface area contributed by atoms with Crippen LogP contribution in [0.25, 0.3) is 0 Å². The number of likely N-dealkylation sites (tertiary alicyclic amines) is 1. The topological polar surface area (TPSA) is 40.5 Å². The molecule has 0 bridgehead atoms. The van der Waals surface area contributed by atoms with Crippen LogP contribution in [0.1, 0.15) is 37.3 Å². The molecule has 1 unspecified atom stereocenters. The summed E-state index contributed by atoms with van der Waals surface area (Å²) in [6.45, 7) is 3.29. The molecule has 0 aromatic heterocycles. The Bertz CT molecular complexity index is 419. The van der Waals surface area contributed by atoms with Gasteiger partial charge in [-0.1, -0.05) is 31.2 Å². The fourth-order valence-corrected chi connectivity index (χ4v) is 2.88. The molecule has 1 aromatic rings. The second-order valence-electron chi connectivity index (χ2n) is 5.37. The van der Waals surface area contributed by atoms with Crippen LogP contribution in [0.3, 0.4) is 0 Å². The molecule has 20 heavy (non-hydrogen) atoms. The van der Waals surface area contributed by atoms with Gasteiger partial charge < -0.3 is 5.11 Å². The number of rotatable bonds is 6. The maximum Gasteiger partial charge on any atom is 0.317 e. The van der Waals surface area contributed by atoms with Crippen molar-refractivity contribution in [3.05, 3.63) is 35.4 Å². The summed E-state index contributed by atoms with van der Waals surface area (Å²) < 4.78 is 0. The van der Waals surface area contributed by atoms with E-state index >= 15 is 0 Å². The molecule has 0 amide bonds. The molecule has 112 valence electrons. The number of benzene rings is 1. The fraction of sp³-hybridized carbons (Fsp3) is 0.562. The summed E-state index contributed by atoms with van der Waals surface area (Å²) in [5.74, 6) is -0.709. The van der Waals surface area contributed by atoms with E-state index in [-0.39, 0.29) is 44.3 Å². The molecule has 1 N–H and O–H groups in total. The summed E-state index contributed by atoms with van der Waals surface area (Å²) in [6.07, 6.45) is 5.46. The average molecular weight is 301 g/mol. The van der Waals surface area contributed by atoms with Crippen molar-refractivity contribution in [3.8, 4) is 0 Å². The number of hydrogen-bond donors (Lipinski definition) is 1. The minimum atomic E-state index is -0.709. The zero-order valence-corrected chi connectivity index (χ0v) is 12.7. The van der Waals surface area contributed by atoms with Gasteiger partial charge in [-0.05, 0) is 49.8 Å². The van der Waals surface area contributed by atoms with Crippen LogP contribution < -0.4 is 0 Å². The van der Waals surface area contributed by atoms with Crippen molar-refractivity contribution < 1.29 is 47.6 Å². The van der Waals surface area contributed by atoms with Crippen LogP contribution in [0.5, 0.6) is 0 Å². The van der Waals surface area contributed by atoms with Crippen LogP contribution in [-0.2, 0) is 17.6 Å². The summed E-state index contributed by atoms with van der Waals surface area (Å²) in [6, 6.07) is 9.24. The van der Waals surface area contributed by atoms with Gasteiger partial charge in [-0.3, -0.25) is 9.69 Å². The van der Waals surface area contributed by atoms with Crippen molar-refractivity contribution in [2.45, 2.75) is 45.1 Å². The van der Waals surface area contributed by atoms with Gasteiger partial charge in [0.2, 0.25) is 0 Å². The molecule has 1 aromatic carbocycles. The molecule has 0 spiro atoms. The van der Waals surface area contributed by atoms with E-state index in [0.717, 1.165) is 38.6 Å². The van der Waals surface area contributed by atoms with E-state index in [9.17, 15) is 4.79 Å². The third kappa shape index (κ3) is 5.36. The van der Waals surface area contributed by atoms with Gasteiger partial charge in [0.05, 0.1) is 6.54 Å². The maximum atomic E-state index is 10.8. The van der Waals surface area contributed by atoms with Gasteiger partial charge in [0.1, 0.15) is 0 Å². The molecule has 1 saturated heterocycles. The summed E-state index contributed by atoms with van der Waals surface area (Å²) in [4.78, 5) is 12.9. The SMILES string of the molecule is CCc1ccc(CCC2CCCN2CC(=O)O)cc1.[Ar]. The Morgan fingerprint density at radius 1 is 1.30 bits per heavy atom. The van der Waals surface area contributed by atoms with E-state index in [0.29, 0.717) is 6.04 Å². The van der Waals surface area contributed by atoms with E-state index in [2.05, 4.69) is 36.1 Å².